The molecule has 0 radical (unpaired) electrons. The van der Waals surface area contributed by atoms with E-state index in [1.165, 1.54) is 43.6 Å². The number of amides is 1. The number of aromatic nitrogens is 3. The van der Waals surface area contributed by atoms with Gasteiger partial charge in [-0.05, 0) is 24.3 Å². The number of carbonyl (C=O) groups excluding carboxylic acids is 1. The van der Waals surface area contributed by atoms with Gasteiger partial charge in [-0.3, -0.25) is 10.1 Å². The fraction of sp³-hybridized carbons (Fsp3) is 0.200. The highest BCUT2D eigenvalue weighted by Crippen LogP contribution is 2.19. The summed E-state index contributed by atoms with van der Waals surface area (Å²) in [4.78, 5) is 12.0. The van der Waals surface area contributed by atoms with Crippen molar-refractivity contribution in [2.75, 3.05) is 18.2 Å². The van der Waals surface area contributed by atoms with Crippen LogP contribution in [0.1, 0.15) is 6.42 Å². The average molecular weight is 378 g/mol. The van der Waals surface area contributed by atoms with Crippen LogP contribution in [0.4, 0.5) is 6.01 Å². The van der Waals surface area contributed by atoms with Crippen molar-refractivity contribution in [3.63, 3.8) is 0 Å². The number of methoxy groups -OCH3 is 1. The van der Waals surface area contributed by atoms with E-state index in [0.717, 1.165) is 0 Å². The molecule has 10 nitrogen and oxygen atoms in total. The molecule has 1 N–H and O–H groups in total. The lowest BCUT2D eigenvalue weighted by atomic mass is 10.3. The SMILES string of the molecule is COc1ccc(S(=O)(=O)CCC(=O)Nc2nnc(-c3ccno3)o2)cc1. The van der Waals surface area contributed by atoms with Crippen LogP contribution in [-0.4, -0.2) is 42.5 Å². The number of nitrogens with one attached hydrogen (secondary N) is 1. The minimum atomic E-state index is -3.61. The van der Waals surface area contributed by atoms with Crippen LogP contribution in [0.25, 0.3) is 11.7 Å². The van der Waals surface area contributed by atoms with E-state index in [2.05, 4.69) is 20.7 Å². The maximum atomic E-state index is 12.3. The second kappa shape index (κ2) is 7.35. The summed E-state index contributed by atoms with van der Waals surface area (Å²) in [5.74, 6) is -0.104. The van der Waals surface area contributed by atoms with Gasteiger partial charge in [0, 0.05) is 12.5 Å². The second-order valence-electron chi connectivity index (χ2n) is 5.08. The van der Waals surface area contributed by atoms with Gasteiger partial charge in [0.1, 0.15) is 5.75 Å². The van der Waals surface area contributed by atoms with E-state index in [-0.39, 0.29) is 34.7 Å². The van der Waals surface area contributed by atoms with Crippen molar-refractivity contribution >= 4 is 21.8 Å². The van der Waals surface area contributed by atoms with Gasteiger partial charge in [0.05, 0.1) is 24.0 Å². The highest BCUT2D eigenvalue weighted by molar-refractivity contribution is 7.91. The van der Waals surface area contributed by atoms with Gasteiger partial charge < -0.3 is 13.7 Å². The largest absolute Gasteiger partial charge is 0.497 e. The second-order valence-corrected chi connectivity index (χ2v) is 7.19. The van der Waals surface area contributed by atoms with Crippen molar-refractivity contribution in [3.05, 3.63) is 36.5 Å². The Kier molecular flexibility index (Phi) is 4.98. The summed E-state index contributed by atoms with van der Waals surface area (Å²) in [7, 11) is -2.12. The van der Waals surface area contributed by atoms with Crippen molar-refractivity contribution < 1.29 is 26.9 Å². The molecule has 0 aliphatic rings. The van der Waals surface area contributed by atoms with Crippen molar-refractivity contribution in [3.8, 4) is 17.4 Å². The number of rotatable bonds is 7. The third-order valence-corrected chi connectivity index (χ3v) is 5.07. The van der Waals surface area contributed by atoms with Crippen LogP contribution in [0.15, 0.2) is 50.4 Å². The fourth-order valence-electron chi connectivity index (χ4n) is 2.01. The van der Waals surface area contributed by atoms with E-state index < -0.39 is 15.7 Å². The molecule has 0 unspecified atom stereocenters. The molecule has 3 aromatic rings. The molecule has 0 spiro atoms. The van der Waals surface area contributed by atoms with Gasteiger partial charge in [-0.2, -0.15) is 0 Å². The molecular formula is C15H14N4O6S. The normalized spacial score (nSPS) is 11.3. The quantitative estimate of drug-likeness (QED) is 0.648. The van der Waals surface area contributed by atoms with Crippen LogP contribution in [0, 0.1) is 0 Å². The van der Waals surface area contributed by atoms with Gasteiger partial charge in [0.15, 0.2) is 9.84 Å². The Hall–Kier alpha value is -3.21. The first-order valence-corrected chi connectivity index (χ1v) is 9.04. The molecule has 3 rings (SSSR count). The summed E-state index contributed by atoms with van der Waals surface area (Å²) in [6, 6.07) is 7.28. The molecular weight excluding hydrogens is 364 g/mol. The molecule has 136 valence electrons. The van der Waals surface area contributed by atoms with E-state index in [4.69, 9.17) is 13.7 Å². The first-order chi connectivity index (χ1) is 12.5. The minimum absolute atomic E-state index is 0.0451. The molecule has 2 heterocycles. The third-order valence-electron chi connectivity index (χ3n) is 3.34. The molecule has 1 aromatic carbocycles. The lowest BCUT2D eigenvalue weighted by molar-refractivity contribution is -0.115. The monoisotopic (exact) mass is 378 g/mol. The summed E-state index contributed by atoms with van der Waals surface area (Å²) in [5.41, 5.74) is 0. The minimum Gasteiger partial charge on any atom is -0.497 e. The summed E-state index contributed by atoms with van der Waals surface area (Å²) in [5, 5.41) is 13.2. The molecule has 0 atom stereocenters. The van der Waals surface area contributed by atoms with Crippen LogP contribution in [0.2, 0.25) is 0 Å². The first-order valence-electron chi connectivity index (χ1n) is 7.39. The number of sulfone groups is 1. The van der Waals surface area contributed by atoms with Crippen LogP contribution in [-0.2, 0) is 14.6 Å². The van der Waals surface area contributed by atoms with Crippen molar-refractivity contribution in [2.24, 2.45) is 0 Å². The maximum Gasteiger partial charge on any atom is 0.322 e. The van der Waals surface area contributed by atoms with Gasteiger partial charge in [-0.15, -0.1) is 5.10 Å². The number of nitrogens with zero attached hydrogens (tertiary/aromatic N) is 3. The smallest absolute Gasteiger partial charge is 0.322 e. The molecule has 0 bridgehead atoms. The lowest BCUT2D eigenvalue weighted by Gasteiger charge is -2.05. The van der Waals surface area contributed by atoms with Crippen LogP contribution in [0.5, 0.6) is 5.75 Å². The van der Waals surface area contributed by atoms with Gasteiger partial charge in [0.2, 0.25) is 11.7 Å². The third kappa shape index (κ3) is 4.06. The van der Waals surface area contributed by atoms with Gasteiger partial charge >= 0.3 is 6.01 Å². The Morgan fingerprint density at radius 1 is 1.19 bits per heavy atom. The van der Waals surface area contributed by atoms with E-state index in [1.54, 1.807) is 0 Å². The van der Waals surface area contributed by atoms with Gasteiger partial charge in [-0.25, -0.2) is 8.42 Å². The number of hydrogen-bond acceptors (Lipinski definition) is 9. The number of hydrogen-bond donors (Lipinski definition) is 1. The summed E-state index contributed by atoms with van der Waals surface area (Å²) in [6.07, 6.45) is 1.14. The van der Waals surface area contributed by atoms with Gasteiger partial charge in [-0.1, -0.05) is 10.3 Å². The molecule has 2 aromatic heterocycles. The molecule has 0 fully saturated rings. The fourth-order valence-corrected chi connectivity index (χ4v) is 3.25. The standard InChI is InChI=1S/C15H14N4O6S/c1-23-10-2-4-11(5-3-10)26(21,22)9-7-13(20)17-15-19-18-14(24-15)12-6-8-16-25-12/h2-6,8H,7,9H2,1H3,(H,17,19,20). The maximum absolute atomic E-state index is 12.3. The Balaban J connectivity index is 1.58. The van der Waals surface area contributed by atoms with E-state index in [0.29, 0.717) is 5.75 Å². The molecule has 0 saturated heterocycles. The van der Waals surface area contributed by atoms with Crippen LogP contribution >= 0.6 is 0 Å². The first kappa shape index (κ1) is 17.6. The number of carbonyl (C=O) groups is 1. The van der Waals surface area contributed by atoms with Crippen molar-refractivity contribution in [2.45, 2.75) is 11.3 Å². The van der Waals surface area contributed by atoms with E-state index in [9.17, 15) is 13.2 Å². The zero-order valence-electron chi connectivity index (χ0n) is 13.6. The molecule has 1 amide bonds. The number of benzene rings is 1. The summed E-state index contributed by atoms with van der Waals surface area (Å²) < 4.78 is 39.5. The Labute approximate surface area is 148 Å². The average Bonchev–Trinajstić information content (AvgIpc) is 3.32. The van der Waals surface area contributed by atoms with Gasteiger partial charge in [0.25, 0.3) is 5.89 Å². The molecule has 0 aliphatic heterocycles. The predicted octanol–water partition coefficient (Wildman–Crippen LogP) is 1.54. The van der Waals surface area contributed by atoms with Crippen LogP contribution in [0.3, 0.4) is 0 Å². The Bertz CT molecular complexity index is 980. The topological polar surface area (TPSA) is 137 Å². The highest BCUT2D eigenvalue weighted by Gasteiger charge is 2.18. The zero-order valence-corrected chi connectivity index (χ0v) is 14.4. The Morgan fingerprint density at radius 2 is 1.96 bits per heavy atom. The zero-order chi connectivity index (χ0) is 18.6. The van der Waals surface area contributed by atoms with Crippen LogP contribution < -0.4 is 10.1 Å². The highest BCUT2D eigenvalue weighted by atomic mass is 32.2. The summed E-state index contributed by atoms with van der Waals surface area (Å²) in [6.45, 7) is 0. The predicted molar refractivity (Wildman–Crippen MR) is 88.1 cm³/mol. The van der Waals surface area contributed by atoms with E-state index in [1.807, 2.05) is 0 Å². The number of ether oxygens (including phenoxy) is 1. The number of anilines is 1. The molecule has 11 heteroatoms. The molecule has 26 heavy (non-hydrogen) atoms. The van der Waals surface area contributed by atoms with Crippen molar-refractivity contribution in [1.29, 1.82) is 0 Å². The summed E-state index contributed by atoms with van der Waals surface area (Å²) >= 11 is 0. The Morgan fingerprint density at radius 3 is 2.62 bits per heavy atom. The molecule has 0 saturated carbocycles. The molecule has 0 aliphatic carbocycles. The van der Waals surface area contributed by atoms with Crippen molar-refractivity contribution in [1.82, 2.24) is 15.4 Å². The lowest BCUT2D eigenvalue weighted by Crippen LogP contribution is -2.17. The van der Waals surface area contributed by atoms with E-state index >= 15 is 0 Å².